The highest BCUT2D eigenvalue weighted by Crippen LogP contribution is 2.20. The van der Waals surface area contributed by atoms with E-state index in [4.69, 9.17) is 21.6 Å². The molecule has 2 N–H and O–H groups in total. The minimum absolute atomic E-state index is 0.125. The smallest absolute Gasteiger partial charge is 0.410 e. The van der Waals surface area contributed by atoms with Gasteiger partial charge in [-0.1, -0.05) is 11.6 Å². The Morgan fingerprint density at radius 3 is 2.68 bits per heavy atom. The second-order valence-electron chi connectivity index (χ2n) is 5.86. The van der Waals surface area contributed by atoms with Gasteiger partial charge in [0.05, 0.1) is 43.4 Å². The summed E-state index contributed by atoms with van der Waals surface area (Å²) in [5.41, 5.74) is 0.929. The molecule has 134 valence electrons. The van der Waals surface area contributed by atoms with Crippen molar-refractivity contribution in [3.8, 4) is 6.07 Å². The average molecular weight is 366 g/mol. The Kier molecular flexibility index (Phi) is 6.62. The molecule has 0 radical (unpaired) electrons. The Hall–Kier alpha value is -2.30. The number of carbonyl (C=O) groups excluding carboxylic acids is 2. The molecule has 0 saturated carbocycles. The van der Waals surface area contributed by atoms with E-state index in [1.807, 2.05) is 13.0 Å². The number of nitrogens with one attached hydrogen (secondary N) is 2. The van der Waals surface area contributed by atoms with Gasteiger partial charge in [-0.25, -0.2) is 4.79 Å². The van der Waals surface area contributed by atoms with Gasteiger partial charge in [0.2, 0.25) is 0 Å². The summed E-state index contributed by atoms with van der Waals surface area (Å²) >= 11 is 5.98. The van der Waals surface area contributed by atoms with Gasteiger partial charge in [0.15, 0.2) is 6.04 Å². The normalized spacial score (nSPS) is 16.0. The van der Waals surface area contributed by atoms with Crippen LogP contribution in [0.25, 0.3) is 0 Å². The number of rotatable bonds is 4. The van der Waals surface area contributed by atoms with Gasteiger partial charge in [-0.15, -0.1) is 0 Å². The zero-order chi connectivity index (χ0) is 18.4. The van der Waals surface area contributed by atoms with Gasteiger partial charge < -0.3 is 15.0 Å². The number of benzene rings is 1. The van der Waals surface area contributed by atoms with E-state index in [1.165, 1.54) is 0 Å². The summed E-state index contributed by atoms with van der Waals surface area (Å²) in [4.78, 5) is 26.9. The molecule has 1 aliphatic heterocycles. The van der Waals surface area contributed by atoms with Crippen LogP contribution in [0.3, 0.4) is 0 Å². The van der Waals surface area contributed by atoms with Crippen LogP contribution in [0.4, 0.5) is 10.5 Å². The molecule has 0 aromatic heterocycles. The first-order valence-electron chi connectivity index (χ1n) is 8.23. The van der Waals surface area contributed by atoms with E-state index in [1.54, 1.807) is 30.0 Å². The first kappa shape index (κ1) is 19.0. The molecule has 0 aliphatic carbocycles. The third-order valence-corrected chi connectivity index (χ3v) is 4.61. The van der Waals surface area contributed by atoms with Crippen molar-refractivity contribution in [3.63, 3.8) is 0 Å². The Balaban J connectivity index is 1.90. The van der Waals surface area contributed by atoms with Crippen molar-refractivity contribution in [2.45, 2.75) is 19.9 Å². The number of hydrogen-bond acceptors (Lipinski definition) is 4. The van der Waals surface area contributed by atoms with E-state index < -0.39 is 0 Å². The lowest BCUT2D eigenvalue weighted by molar-refractivity contribution is -0.917. The molecule has 1 aliphatic rings. The minimum atomic E-state index is -0.300. The van der Waals surface area contributed by atoms with Crippen molar-refractivity contribution < 1.29 is 19.2 Å². The lowest BCUT2D eigenvalue weighted by Crippen LogP contribution is -3.19. The summed E-state index contributed by atoms with van der Waals surface area (Å²) in [6.07, 6.45) is -0.300. The highest BCUT2D eigenvalue weighted by molar-refractivity contribution is 6.32. The van der Waals surface area contributed by atoms with Crippen LogP contribution in [-0.4, -0.2) is 55.7 Å². The first-order chi connectivity index (χ1) is 12.0. The van der Waals surface area contributed by atoms with Crippen LogP contribution in [0.1, 0.15) is 19.4 Å². The van der Waals surface area contributed by atoms with Gasteiger partial charge in [0, 0.05) is 5.69 Å². The van der Waals surface area contributed by atoms with Crippen LogP contribution in [0.2, 0.25) is 5.02 Å². The number of nitrogens with zero attached hydrogens (tertiary/aromatic N) is 2. The van der Waals surface area contributed by atoms with E-state index in [-0.39, 0.29) is 18.0 Å². The number of hydrogen-bond donors (Lipinski definition) is 2. The molecule has 0 unspecified atom stereocenters. The molecule has 0 bridgehead atoms. The Labute approximate surface area is 152 Å². The summed E-state index contributed by atoms with van der Waals surface area (Å²) in [6.45, 7) is 6.49. The SMILES string of the molecule is CCOC(=O)N1CC[NH+]([C@@H](C)C(=O)Nc2ccc(C#N)c(Cl)c2)CC1. The second-order valence-corrected chi connectivity index (χ2v) is 6.27. The van der Waals surface area contributed by atoms with Crippen molar-refractivity contribution in [1.82, 2.24) is 4.90 Å². The number of carbonyl (C=O) groups is 2. The molecular formula is C17H22ClN4O3+. The highest BCUT2D eigenvalue weighted by atomic mass is 35.5. The topological polar surface area (TPSA) is 86.9 Å². The largest absolute Gasteiger partial charge is 0.450 e. The molecule has 1 aromatic rings. The lowest BCUT2D eigenvalue weighted by atomic mass is 10.2. The fourth-order valence-corrected chi connectivity index (χ4v) is 2.97. The van der Waals surface area contributed by atoms with Crippen molar-refractivity contribution >= 4 is 29.3 Å². The predicted molar refractivity (Wildman–Crippen MR) is 93.6 cm³/mol. The highest BCUT2D eigenvalue weighted by Gasteiger charge is 2.31. The molecule has 7 nitrogen and oxygen atoms in total. The van der Waals surface area contributed by atoms with Crippen LogP contribution in [0.15, 0.2) is 18.2 Å². The Morgan fingerprint density at radius 2 is 2.12 bits per heavy atom. The maximum absolute atomic E-state index is 12.5. The Bertz CT molecular complexity index is 681. The monoisotopic (exact) mass is 365 g/mol. The number of quaternary nitrogens is 1. The van der Waals surface area contributed by atoms with Crippen molar-refractivity contribution in [3.05, 3.63) is 28.8 Å². The summed E-state index contributed by atoms with van der Waals surface area (Å²) in [7, 11) is 0. The molecule has 1 heterocycles. The van der Waals surface area contributed by atoms with Crippen molar-refractivity contribution in [1.29, 1.82) is 5.26 Å². The van der Waals surface area contributed by atoms with Crippen LogP contribution in [0.5, 0.6) is 0 Å². The Morgan fingerprint density at radius 1 is 1.44 bits per heavy atom. The van der Waals surface area contributed by atoms with Crippen LogP contribution in [-0.2, 0) is 9.53 Å². The molecule has 2 amide bonds. The summed E-state index contributed by atoms with van der Waals surface area (Å²) in [6, 6.07) is 6.52. The fraction of sp³-hybridized carbons (Fsp3) is 0.471. The third kappa shape index (κ3) is 4.84. The molecule has 0 spiro atoms. The van der Waals surface area contributed by atoms with E-state index in [2.05, 4.69) is 5.32 Å². The first-order valence-corrected chi connectivity index (χ1v) is 8.60. The minimum Gasteiger partial charge on any atom is -0.450 e. The van der Waals surface area contributed by atoms with Gasteiger partial charge in [-0.05, 0) is 32.0 Å². The van der Waals surface area contributed by atoms with Crippen LogP contribution < -0.4 is 10.2 Å². The number of halogens is 1. The molecule has 25 heavy (non-hydrogen) atoms. The molecule has 1 saturated heterocycles. The number of ether oxygens (including phenoxy) is 1. The number of amides is 2. The lowest BCUT2D eigenvalue weighted by Gasteiger charge is -2.34. The summed E-state index contributed by atoms with van der Waals surface area (Å²) in [5.74, 6) is -0.125. The van der Waals surface area contributed by atoms with Crippen LogP contribution >= 0.6 is 11.6 Å². The zero-order valence-corrected chi connectivity index (χ0v) is 15.1. The van der Waals surface area contributed by atoms with E-state index in [9.17, 15) is 9.59 Å². The summed E-state index contributed by atoms with van der Waals surface area (Å²) < 4.78 is 5.00. The van der Waals surface area contributed by atoms with Crippen molar-refractivity contribution in [2.75, 3.05) is 38.1 Å². The standard InChI is InChI=1S/C17H21ClN4O3/c1-3-25-17(24)22-8-6-21(7-9-22)12(2)16(23)20-14-5-4-13(11-19)15(18)10-14/h4-5,10,12H,3,6-9H2,1-2H3,(H,20,23)/p+1/t12-/m0/s1. The van der Waals surface area contributed by atoms with Crippen LogP contribution in [0, 0.1) is 11.3 Å². The molecule has 8 heteroatoms. The molecular weight excluding hydrogens is 344 g/mol. The van der Waals surface area contributed by atoms with Gasteiger partial charge in [-0.2, -0.15) is 5.26 Å². The van der Waals surface area contributed by atoms with E-state index in [0.29, 0.717) is 49.1 Å². The molecule has 2 rings (SSSR count). The number of anilines is 1. The van der Waals surface area contributed by atoms with E-state index >= 15 is 0 Å². The number of piperazine rings is 1. The van der Waals surface area contributed by atoms with E-state index in [0.717, 1.165) is 4.90 Å². The van der Waals surface area contributed by atoms with Crippen molar-refractivity contribution in [2.24, 2.45) is 0 Å². The third-order valence-electron chi connectivity index (χ3n) is 4.29. The van der Waals surface area contributed by atoms with Gasteiger partial charge in [-0.3, -0.25) is 9.69 Å². The predicted octanol–water partition coefficient (Wildman–Crippen LogP) is 0.896. The fourth-order valence-electron chi connectivity index (χ4n) is 2.74. The van der Waals surface area contributed by atoms with Gasteiger partial charge in [0.25, 0.3) is 5.91 Å². The zero-order valence-electron chi connectivity index (χ0n) is 14.3. The molecule has 1 aromatic carbocycles. The molecule has 1 atom stereocenters. The van der Waals surface area contributed by atoms with Gasteiger partial charge in [0.1, 0.15) is 6.07 Å². The maximum Gasteiger partial charge on any atom is 0.410 e. The quantitative estimate of drug-likeness (QED) is 0.829. The van der Waals surface area contributed by atoms with Gasteiger partial charge >= 0.3 is 6.09 Å². The molecule has 1 fully saturated rings. The number of nitriles is 1. The second kappa shape index (κ2) is 8.70. The average Bonchev–Trinajstić information content (AvgIpc) is 2.61. The maximum atomic E-state index is 12.5. The summed E-state index contributed by atoms with van der Waals surface area (Å²) in [5, 5.41) is 12.0.